The fraction of sp³-hybridized carbons (Fsp3) is 0.423. The Morgan fingerprint density at radius 2 is 1.64 bits per heavy atom. The fourth-order valence-electron chi connectivity index (χ4n) is 5.28. The van der Waals surface area contributed by atoms with Crippen LogP contribution in [0, 0.1) is 5.92 Å². The molecule has 6 rings (SSSR count). The monoisotopic (exact) mass is 547 g/mol. The fourth-order valence-corrected chi connectivity index (χ4v) is 7.01. The summed E-state index contributed by atoms with van der Waals surface area (Å²) < 4.78 is 13.2. The second kappa shape index (κ2) is 11.2. The number of rotatable bonds is 9. The van der Waals surface area contributed by atoms with Gasteiger partial charge in [0.2, 0.25) is 0 Å². The molecule has 3 fully saturated rings. The number of carbonyl (C=O) groups excluding carboxylic acids is 1. The lowest BCUT2D eigenvalue weighted by Crippen LogP contribution is -3.00. The van der Waals surface area contributed by atoms with Crippen molar-refractivity contribution in [2.24, 2.45) is 5.92 Å². The van der Waals surface area contributed by atoms with Crippen LogP contribution in [0.2, 0.25) is 0 Å². The minimum atomic E-state index is -0.293. The SMILES string of the molecule is O=C(O[C@H]1C[N+]2(CCCOc3ccccc3)CCC1CC2)C(c1cccs1)c1cccs1.[Br-]. The maximum absolute atomic E-state index is 13.4. The van der Waals surface area contributed by atoms with Gasteiger partial charge in [0.25, 0.3) is 0 Å². The number of benzene rings is 1. The molecule has 3 aliphatic heterocycles. The Morgan fingerprint density at radius 1 is 0.970 bits per heavy atom. The van der Waals surface area contributed by atoms with Gasteiger partial charge in [-0.05, 0) is 35.0 Å². The normalized spacial score (nSPS) is 23.8. The lowest BCUT2D eigenvalue weighted by molar-refractivity contribution is -0.946. The number of halogens is 1. The van der Waals surface area contributed by atoms with Crippen molar-refractivity contribution in [1.82, 2.24) is 0 Å². The summed E-state index contributed by atoms with van der Waals surface area (Å²) in [6.45, 7) is 5.17. The van der Waals surface area contributed by atoms with E-state index >= 15 is 0 Å². The summed E-state index contributed by atoms with van der Waals surface area (Å²) in [4.78, 5) is 15.5. The van der Waals surface area contributed by atoms with Crippen molar-refractivity contribution < 1.29 is 35.7 Å². The Kier molecular flexibility index (Phi) is 8.28. The van der Waals surface area contributed by atoms with Crippen molar-refractivity contribution in [3.8, 4) is 5.75 Å². The van der Waals surface area contributed by atoms with Gasteiger partial charge in [0.05, 0.1) is 26.2 Å². The molecular formula is C26H30BrNO3S2. The molecule has 0 unspecified atom stereocenters. The second-order valence-corrected chi connectivity index (χ2v) is 10.9. The third kappa shape index (κ3) is 5.70. The lowest BCUT2D eigenvalue weighted by atomic mass is 9.83. The Morgan fingerprint density at radius 3 is 2.24 bits per heavy atom. The molecule has 2 aromatic heterocycles. The molecule has 176 valence electrons. The predicted octanol–water partition coefficient (Wildman–Crippen LogP) is 2.57. The molecule has 7 heteroatoms. The Hall–Kier alpha value is -1.67. The number of nitrogens with zero attached hydrogens (tertiary/aromatic N) is 1. The number of hydrogen-bond acceptors (Lipinski definition) is 5. The molecule has 33 heavy (non-hydrogen) atoms. The molecule has 1 aromatic carbocycles. The van der Waals surface area contributed by atoms with Crippen LogP contribution in [0.4, 0.5) is 0 Å². The molecule has 0 radical (unpaired) electrons. The molecule has 0 N–H and O–H groups in total. The molecule has 0 spiro atoms. The zero-order chi connectivity index (χ0) is 21.8. The van der Waals surface area contributed by atoms with Gasteiger partial charge >= 0.3 is 5.97 Å². The van der Waals surface area contributed by atoms with E-state index < -0.39 is 0 Å². The number of quaternary nitrogens is 1. The van der Waals surface area contributed by atoms with Crippen LogP contribution in [0.5, 0.6) is 5.75 Å². The second-order valence-electron chi connectivity index (χ2n) is 8.99. The Bertz CT molecular complexity index is 952. The largest absolute Gasteiger partial charge is 1.00 e. The quantitative estimate of drug-likeness (QED) is 0.234. The van der Waals surface area contributed by atoms with Crippen molar-refractivity contribution in [2.45, 2.75) is 31.3 Å². The van der Waals surface area contributed by atoms with Crippen LogP contribution in [0.15, 0.2) is 65.4 Å². The van der Waals surface area contributed by atoms with E-state index in [2.05, 4.69) is 0 Å². The molecule has 0 aliphatic carbocycles. The van der Waals surface area contributed by atoms with Crippen LogP contribution in [-0.4, -0.2) is 49.3 Å². The third-order valence-electron chi connectivity index (χ3n) is 6.99. The number of carbonyl (C=O) groups is 1. The summed E-state index contributed by atoms with van der Waals surface area (Å²) in [6.07, 6.45) is 3.36. The number of hydrogen-bond donors (Lipinski definition) is 0. The van der Waals surface area contributed by atoms with Crippen molar-refractivity contribution in [1.29, 1.82) is 0 Å². The predicted molar refractivity (Wildman–Crippen MR) is 129 cm³/mol. The number of piperidine rings is 3. The average molecular weight is 549 g/mol. The van der Waals surface area contributed by atoms with E-state index in [-0.39, 0.29) is 35.0 Å². The molecule has 2 bridgehead atoms. The minimum Gasteiger partial charge on any atom is -1.00 e. The van der Waals surface area contributed by atoms with Crippen molar-refractivity contribution in [3.05, 3.63) is 75.1 Å². The number of esters is 1. The van der Waals surface area contributed by atoms with Crippen LogP contribution in [0.25, 0.3) is 0 Å². The summed E-state index contributed by atoms with van der Waals surface area (Å²) >= 11 is 3.27. The van der Waals surface area contributed by atoms with Gasteiger partial charge in [0.1, 0.15) is 18.2 Å². The van der Waals surface area contributed by atoms with Crippen molar-refractivity contribution in [2.75, 3.05) is 32.8 Å². The Labute approximate surface area is 214 Å². The van der Waals surface area contributed by atoms with Crippen LogP contribution >= 0.6 is 22.7 Å². The summed E-state index contributed by atoms with van der Waals surface area (Å²) in [6, 6.07) is 18.2. The smallest absolute Gasteiger partial charge is 0.320 e. The molecule has 4 nitrogen and oxygen atoms in total. The van der Waals surface area contributed by atoms with E-state index in [4.69, 9.17) is 9.47 Å². The molecular weight excluding hydrogens is 518 g/mol. The van der Waals surface area contributed by atoms with Crippen molar-refractivity contribution in [3.63, 3.8) is 0 Å². The maximum Gasteiger partial charge on any atom is 0.320 e. The van der Waals surface area contributed by atoms with E-state index in [0.717, 1.165) is 58.9 Å². The lowest BCUT2D eigenvalue weighted by Gasteiger charge is -2.52. The maximum atomic E-state index is 13.4. The average Bonchev–Trinajstić information content (AvgIpc) is 3.54. The standard InChI is InChI=1S/C26H30NO3S2.BrH/c28-26(25(23-9-4-17-31-23)24-10-5-18-32-24)30-22-19-27(14-11-20(22)12-15-27)13-6-16-29-21-7-2-1-3-8-21;/h1-5,7-10,17-18,20,22,25H,6,11-16,19H2;1H/q+1;/p-1/t20?,22-,27?;/m0./s1. The van der Waals surface area contributed by atoms with Crippen LogP contribution in [0.3, 0.4) is 0 Å². The first kappa shape index (κ1) is 24.5. The van der Waals surface area contributed by atoms with Gasteiger partial charge in [-0.2, -0.15) is 0 Å². The van der Waals surface area contributed by atoms with Crippen LogP contribution < -0.4 is 21.7 Å². The van der Waals surface area contributed by atoms with Gasteiger partial charge in [-0.1, -0.05) is 30.3 Å². The zero-order valence-electron chi connectivity index (χ0n) is 18.6. The highest BCUT2D eigenvalue weighted by atomic mass is 79.9. The first-order valence-corrected chi connectivity index (χ1v) is 13.3. The summed E-state index contributed by atoms with van der Waals surface area (Å²) in [5.74, 6) is 1.06. The third-order valence-corrected chi connectivity index (χ3v) is 8.86. The number of thiophene rings is 2. The zero-order valence-corrected chi connectivity index (χ0v) is 21.8. The number of ether oxygens (including phenoxy) is 2. The number of fused-ring (bicyclic) bond motifs is 3. The van der Waals surface area contributed by atoms with E-state index in [1.807, 2.05) is 65.4 Å². The number of para-hydroxylation sites is 1. The summed E-state index contributed by atoms with van der Waals surface area (Å²) in [5.41, 5.74) is 0. The van der Waals surface area contributed by atoms with E-state index in [9.17, 15) is 4.79 Å². The van der Waals surface area contributed by atoms with Gasteiger partial charge in [-0.25, -0.2) is 0 Å². The molecule has 1 atom stereocenters. The van der Waals surface area contributed by atoms with Crippen LogP contribution in [-0.2, 0) is 9.53 Å². The minimum absolute atomic E-state index is 0. The first-order valence-electron chi connectivity index (χ1n) is 11.5. The van der Waals surface area contributed by atoms with E-state index in [1.165, 1.54) is 13.1 Å². The van der Waals surface area contributed by atoms with Gasteiger partial charge < -0.3 is 30.9 Å². The van der Waals surface area contributed by atoms with Crippen molar-refractivity contribution >= 4 is 28.6 Å². The van der Waals surface area contributed by atoms with Gasteiger partial charge in [-0.15, -0.1) is 22.7 Å². The van der Waals surface area contributed by atoms with Gasteiger partial charge in [-0.3, -0.25) is 4.79 Å². The topological polar surface area (TPSA) is 35.5 Å². The summed E-state index contributed by atoms with van der Waals surface area (Å²) in [5, 5.41) is 4.07. The highest BCUT2D eigenvalue weighted by Gasteiger charge is 2.48. The molecule has 5 heterocycles. The highest BCUT2D eigenvalue weighted by Crippen LogP contribution is 2.38. The van der Waals surface area contributed by atoms with Gasteiger partial charge in [0.15, 0.2) is 6.10 Å². The Balaban J connectivity index is 0.00000259. The summed E-state index contributed by atoms with van der Waals surface area (Å²) in [7, 11) is 0. The van der Waals surface area contributed by atoms with E-state index in [1.54, 1.807) is 22.7 Å². The first-order chi connectivity index (χ1) is 15.7. The molecule has 3 aliphatic rings. The van der Waals surface area contributed by atoms with E-state index in [0.29, 0.717) is 5.92 Å². The molecule has 3 saturated heterocycles. The molecule has 3 aromatic rings. The van der Waals surface area contributed by atoms with Gasteiger partial charge in [0, 0.05) is 34.9 Å². The molecule has 0 saturated carbocycles. The van der Waals surface area contributed by atoms with Crippen LogP contribution in [0.1, 0.15) is 34.9 Å². The highest BCUT2D eigenvalue weighted by molar-refractivity contribution is 7.11. The molecule has 0 amide bonds.